The van der Waals surface area contributed by atoms with Gasteiger partial charge in [0.15, 0.2) is 5.17 Å². The summed E-state index contributed by atoms with van der Waals surface area (Å²) in [5.41, 5.74) is 5.82. The molecule has 0 spiro atoms. The topological polar surface area (TPSA) is 150 Å². The monoisotopic (exact) mass is 383 g/mol. The maximum Gasteiger partial charge on any atom is 0.536 e. The van der Waals surface area contributed by atoms with Crippen LogP contribution in [0.15, 0.2) is 12.1 Å². The normalized spacial score (nSPS) is 15.9. The number of benzene rings is 1. The van der Waals surface area contributed by atoms with Crippen LogP contribution in [-0.4, -0.2) is 51.4 Å². The maximum absolute atomic E-state index is 11.5. The van der Waals surface area contributed by atoms with Gasteiger partial charge in [-0.2, -0.15) is 11.8 Å². The number of ether oxygens (including phenoxy) is 1. The van der Waals surface area contributed by atoms with E-state index in [1.807, 2.05) is 0 Å². The number of fused-ring (bicyclic) bond motifs is 1. The van der Waals surface area contributed by atoms with Gasteiger partial charge in [0, 0.05) is 6.42 Å². The molecule has 0 radical (unpaired) electrons. The average Bonchev–Trinajstić information content (AvgIpc) is 2.53. The highest BCUT2D eigenvalue weighted by atomic mass is 32.2. The van der Waals surface area contributed by atoms with Crippen molar-refractivity contribution >= 4 is 46.8 Å². The molecule has 1 aliphatic rings. The summed E-state index contributed by atoms with van der Waals surface area (Å²) in [5, 5.41) is 34.3. The number of nitrogens with one attached hydrogen (secondary N) is 2. The maximum atomic E-state index is 11.5. The van der Waals surface area contributed by atoms with Gasteiger partial charge < -0.3 is 25.3 Å². The van der Waals surface area contributed by atoms with Crippen molar-refractivity contribution in [1.29, 1.82) is 10.8 Å². The fraction of sp³-hybridized carbons (Fsp3) is 0.357. The summed E-state index contributed by atoms with van der Waals surface area (Å²) in [5.74, 6) is -0.307. The molecule has 0 fully saturated rings. The van der Waals surface area contributed by atoms with Gasteiger partial charge in [-0.25, -0.2) is 4.79 Å². The Hall–Kier alpha value is -1.85. The molecule has 25 heavy (non-hydrogen) atoms. The molecular weight excluding hydrogens is 365 g/mol. The minimum absolute atomic E-state index is 0.0952. The molecule has 0 unspecified atom stereocenters. The summed E-state index contributed by atoms with van der Waals surface area (Å²) in [4.78, 5) is 11.5. The molecule has 2 rings (SSSR count). The van der Waals surface area contributed by atoms with Crippen molar-refractivity contribution in [1.82, 2.24) is 0 Å². The summed E-state index contributed by atoms with van der Waals surface area (Å²) in [6, 6.07) is 3.30. The number of hydrogen-bond donors (Lipinski definition) is 5. The molecule has 1 aliphatic heterocycles. The van der Waals surface area contributed by atoms with Gasteiger partial charge in [0.1, 0.15) is 17.1 Å². The van der Waals surface area contributed by atoms with Crippen LogP contribution >= 0.6 is 23.5 Å². The second-order valence-electron chi connectivity index (χ2n) is 5.20. The first-order chi connectivity index (χ1) is 11.8. The number of amidine groups is 1. The molecule has 1 aromatic carbocycles. The Kier molecular flexibility index (Phi) is 6.62. The van der Waals surface area contributed by atoms with Crippen molar-refractivity contribution in [2.75, 3.05) is 12.9 Å². The molecule has 0 aliphatic carbocycles. The van der Waals surface area contributed by atoms with E-state index < -0.39 is 13.1 Å². The number of aromatic carboxylic acids is 1. The summed E-state index contributed by atoms with van der Waals surface area (Å²) in [7, 11) is 0.220. The van der Waals surface area contributed by atoms with E-state index in [0.29, 0.717) is 24.2 Å². The number of rotatable bonds is 6. The fourth-order valence-electron chi connectivity index (χ4n) is 2.42. The quantitative estimate of drug-likeness (QED) is 0.281. The molecule has 134 valence electrons. The third kappa shape index (κ3) is 4.83. The van der Waals surface area contributed by atoms with Crippen molar-refractivity contribution in [3.8, 4) is 11.5 Å². The second-order valence-corrected chi connectivity index (χ2v) is 7.68. The first-order valence-corrected chi connectivity index (χ1v) is 9.18. The predicted octanol–water partition coefficient (Wildman–Crippen LogP) is 1.44. The van der Waals surface area contributed by atoms with Crippen LogP contribution in [0.3, 0.4) is 0 Å². The average molecular weight is 383 g/mol. The van der Waals surface area contributed by atoms with E-state index in [0.717, 1.165) is 11.8 Å². The van der Waals surface area contributed by atoms with Gasteiger partial charge in [-0.15, -0.1) is 0 Å². The third-order valence-corrected chi connectivity index (χ3v) is 5.44. The number of nitrogens with two attached hydrogens (primary N) is 1. The minimum Gasteiger partial charge on any atom is -0.534 e. The summed E-state index contributed by atoms with van der Waals surface area (Å²) < 4.78 is 10.5. The second kappa shape index (κ2) is 8.50. The number of hydrogen-bond acceptors (Lipinski definition) is 8. The number of carbonyl (C=O) groups is 1. The number of methoxy groups -OCH3 is 1. The van der Waals surface area contributed by atoms with Crippen LogP contribution in [0.1, 0.15) is 22.3 Å². The van der Waals surface area contributed by atoms with Crippen molar-refractivity contribution < 1.29 is 24.3 Å². The van der Waals surface area contributed by atoms with Crippen LogP contribution in [-0.2, 0) is 6.42 Å². The van der Waals surface area contributed by atoms with Gasteiger partial charge in [-0.3, -0.25) is 10.8 Å². The van der Waals surface area contributed by atoms with Gasteiger partial charge >= 0.3 is 13.1 Å². The van der Waals surface area contributed by atoms with Crippen LogP contribution in [0.2, 0.25) is 0 Å². The van der Waals surface area contributed by atoms with E-state index in [-0.39, 0.29) is 32.4 Å². The molecule has 0 aromatic heterocycles. The number of carboxylic acids is 1. The van der Waals surface area contributed by atoms with Gasteiger partial charge in [0.2, 0.25) is 0 Å². The Bertz CT molecular complexity index is 703. The first kappa shape index (κ1) is 19.5. The van der Waals surface area contributed by atoms with E-state index in [1.165, 1.54) is 18.9 Å². The molecule has 8 nitrogen and oxygen atoms in total. The molecule has 0 amide bonds. The third-order valence-electron chi connectivity index (χ3n) is 3.51. The van der Waals surface area contributed by atoms with Gasteiger partial charge in [0.05, 0.1) is 17.3 Å². The van der Waals surface area contributed by atoms with Crippen LogP contribution in [0.5, 0.6) is 11.5 Å². The highest BCUT2D eigenvalue weighted by Crippen LogP contribution is 2.38. The van der Waals surface area contributed by atoms with E-state index >= 15 is 0 Å². The largest absolute Gasteiger partial charge is 0.536 e. The molecule has 1 atom stereocenters. The zero-order valence-corrected chi connectivity index (χ0v) is 15.1. The van der Waals surface area contributed by atoms with Crippen LogP contribution in [0, 0.1) is 10.8 Å². The molecule has 0 saturated heterocycles. The highest BCUT2D eigenvalue weighted by Gasteiger charge is 2.38. The minimum atomic E-state index is -1.18. The van der Waals surface area contributed by atoms with Gasteiger partial charge in [-0.05, 0) is 35.6 Å². The summed E-state index contributed by atoms with van der Waals surface area (Å²) >= 11 is 2.33. The highest BCUT2D eigenvalue weighted by molar-refractivity contribution is 8.26. The Balaban J connectivity index is 2.06. The molecule has 11 heteroatoms. The molecular formula is C14H18BN3O5S2. The van der Waals surface area contributed by atoms with E-state index in [1.54, 1.807) is 12.1 Å². The zero-order valence-electron chi connectivity index (χ0n) is 13.4. The van der Waals surface area contributed by atoms with Crippen LogP contribution in [0.4, 0.5) is 0 Å². The molecule has 6 N–H and O–H groups in total. The Morgan fingerprint density at radius 1 is 1.52 bits per heavy atom. The molecule has 1 heterocycles. The van der Waals surface area contributed by atoms with Crippen molar-refractivity contribution in [3.63, 3.8) is 0 Å². The Labute approximate surface area is 153 Å². The van der Waals surface area contributed by atoms with Crippen LogP contribution < -0.4 is 15.1 Å². The molecule has 1 aromatic rings. The van der Waals surface area contributed by atoms with Crippen molar-refractivity contribution in [2.45, 2.75) is 18.0 Å². The molecule has 0 bridgehead atoms. The lowest BCUT2D eigenvalue weighted by Crippen LogP contribution is -2.41. The Morgan fingerprint density at radius 3 is 2.84 bits per heavy atom. The lowest BCUT2D eigenvalue weighted by atomic mass is 9.77. The van der Waals surface area contributed by atoms with Gasteiger partial charge in [-0.1, -0.05) is 6.07 Å². The number of thioether (sulfide) groups is 2. The summed E-state index contributed by atoms with van der Waals surface area (Å²) in [6.45, 7) is 0. The Morgan fingerprint density at radius 2 is 2.24 bits per heavy atom. The molecule has 0 saturated carbocycles. The lowest BCUT2D eigenvalue weighted by molar-refractivity contribution is 0.0690. The smallest absolute Gasteiger partial charge is 0.534 e. The SMILES string of the molecule is COc1ccc2c(c1C(=O)O)OB(O)[C@@H](SCCC(=N)SC(=N)N)C2. The first-order valence-electron chi connectivity index (χ1n) is 7.32. The van der Waals surface area contributed by atoms with E-state index in [9.17, 15) is 14.9 Å². The van der Waals surface area contributed by atoms with Gasteiger partial charge in [0.25, 0.3) is 0 Å². The van der Waals surface area contributed by atoms with Crippen molar-refractivity contribution in [3.05, 3.63) is 23.3 Å². The van der Waals surface area contributed by atoms with Crippen LogP contribution in [0.25, 0.3) is 0 Å². The zero-order chi connectivity index (χ0) is 18.6. The predicted molar refractivity (Wildman–Crippen MR) is 100 cm³/mol. The van der Waals surface area contributed by atoms with E-state index in [4.69, 9.17) is 25.9 Å². The summed E-state index contributed by atoms with van der Waals surface area (Å²) in [6.07, 6.45) is 0.868. The fourth-order valence-corrected chi connectivity index (χ4v) is 4.16. The standard InChI is InChI=1S/C14H18BN3O5S2/c1-22-8-3-2-7-6-9(24-5-4-10(16)25-14(17)18)15(21)23-12(7)11(8)13(19)20/h2-3,9,16,21H,4-6H2,1H3,(H3,17,18)(H,19,20)/t9-/m0/s1. The lowest BCUT2D eigenvalue weighted by Gasteiger charge is -2.28. The van der Waals surface area contributed by atoms with Crippen molar-refractivity contribution in [2.24, 2.45) is 5.73 Å². The van der Waals surface area contributed by atoms with E-state index in [2.05, 4.69) is 0 Å². The number of carboxylic acid groups (broad SMARTS) is 1.